The van der Waals surface area contributed by atoms with E-state index in [1.54, 1.807) is 0 Å². The highest BCUT2D eigenvalue weighted by atomic mass is 16.5. The lowest BCUT2D eigenvalue weighted by molar-refractivity contribution is 0.157. The van der Waals surface area contributed by atoms with E-state index in [4.69, 9.17) is 4.74 Å². The van der Waals surface area contributed by atoms with E-state index < -0.39 is 0 Å². The molecule has 0 aromatic heterocycles. The lowest BCUT2D eigenvalue weighted by Gasteiger charge is -2.09. The summed E-state index contributed by atoms with van der Waals surface area (Å²) in [6.45, 7) is 8.00. The minimum atomic E-state index is 0.242. The second-order valence-electron chi connectivity index (χ2n) is 2.74. The van der Waals surface area contributed by atoms with E-state index in [0.717, 1.165) is 5.76 Å². The van der Waals surface area contributed by atoms with Crippen molar-refractivity contribution >= 4 is 0 Å². The molecule has 68 valence electrons. The molecule has 0 bridgehead atoms. The third-order valence-corrected chi connectivity index (χ3v) is 1.22. The smallest absolute Gasteiger partial charge is 0.115 e. The molecule has 0 N–H and O–H groups in total. The van der Waals surface area contributed by atoms with E-state index >= 15 is 0 Å². The van der Waals surface area contributed by atoms with Gasteiger partial charge in [-0.2, -0.15) is 0 Å². The lowest BCUT2D eigenvalue weighted by atomic mass is 10.3. The summed E-state index contributed by atoms with van der Waals surface area (Å²) in [7, 11) is 0. The van der Waals surface area contributed by atoms with Crippen LogP contribution in [0, 0.1) is 0 Å². The first-order valence-corrected chi connectivity index (χ1v) is 4.33. The zero-order valence-electron chi connectivity index (χ0n) is 8.37. The second kappa shape index (κ2) is 6.71. The number of rotatable bonds is 4. The monoisotopic (exact) mass is 166 g/mol. The number of hydrogen-bond acceptors (Lipinski definition) is 1. The second-order valence-corrected chi connectivity index (χ2v) is 2.74. The van der Waals surface area contributed by atoms with Gasteiger partial charge in [0.1, 0.15) is 5.76 Å². The maximum atomic E-state index is 5.49. The molecule has 1 nitrogen and oxygen atoms in total. The SMILES string of the molecule is C\C=C/C=C\C(=C/C)OC(C)C. The van der Waals surface area contributed by atoms with Crippen molar-refractivity contribution in [3.8, 4) is 0 Å². The van der Waals surface area contributed by atoms with Crippen LogP contribution in [-0.4, -0.2) is 6.10 Å². The van der Waals surface area contributed by atoms with Crippen molar-refractivity contribution in [1.82, 2.24) is 0 Å². The Hall–Kier alpha value is -0.980. The van der Waals surface area contributed by atoms with Crippen molar-refractivity contribution in [2.45, 2.75) is 33.8 Å². The van der Waals surface area contributed by atoms with Gasteiger partial charge >= 0.3 is 0 Å². The standard InChI is InChI=1S/C11H18O/c1-5-7-8-9-11(6-2)12-10(3)4/h5-10H,1-4H3/b7-5-,9-8-,11-6+. The predicted molar refractivity (Wildman–Crippen MR) is 53.9 cm³/mol. The van der Waals surface area contributed by atoms with Crippen molar-refractivity contribution < 1.29 is 4.74 Å². The van der Waals surface area contributed by atoms with Crippen molar-refractivity contribution in [2.24, 2.45) is 0 Å². The van der Waals surface area contributed by atoms with Crippen molar-refractivity contribution in [3.63, 3.8) is 0 Å². The van der Waals surface area contributed by atoms with Crippen molar-refractivity contribution in [1.29, 1.82) is 0 Å². The molecule has 0 aliphatic carbocycles. The fourth-order valence-electron chi connectivity index (χ4n) is 0.737. The highest BCUT2D eigenvalue weighted by molar-refractivity contribution is 5.16. The normalized spacial score (nSPS) is 13.6. The van der Waals surface area contributed by atoms with Gasteiger partial charge in [-0.3, -0.25) is 0 Å². The summed E-state index contributed by atoms with van der Waals surface area (Å²) in [6.07, 6.45) is 10.1. The Morgan fingerprint density at radius 2 is 1.83 bits per heavy atom. The summed E-state index contributed by atoms with van der Waals surface area (Å²) >= 11 is 0. The van der Waals surface area contributed by atoms with E-state index in [9.17, 15) is 0 Å². The first-order valence-electron chi connectivity index (χ1n) is 4.33. The van der Waals surface area contributed by atoms with Gasteiger partial charge in [0, 0.05) is 0 Å². The molecule has 0 aliphatic rings. The molecule has 0 saturated heterocycles. The van der Waals surface area contributed by atoms with Gasteiger partial charge in [-0.1, -0.05) is 18.2 Å². The molecule has 0 amide bonds. The fraction of sp³-hybridized carbons (Fsp3) is 0.455. The fourth-order valence-corrected chi connectivity index (χ4v) is 0.737. The third-order valence-electron chi connectivity index (χ3n) is 1.22. The molecular weight excluding hydrogens is 148 g/mol. The van der Waals surface area contributed by atoms with E-state index in [1.807, 2.05) is 58.1 Å². The molecule has 0 spiro atoms. The lowest BCUT2D eigenvalue weighted by Crippen LogP contribution is -2.00. The predicted octanol–water partition coefficient (Wildman–Crippen LogP) is 3.45. The molecule has 0 rings (SSSR count). The third kappa shape index (κ3) is 5.78. The Labute approximate surface area is 75.4 Å². The molecule has 1 heteroatoms. The first-order chi connectivity index (χ1) is 5.70. The molecule has 0 aromatic rings. The highest BCUT2D eigenvalue weighted by Crippen LogP contribution is 2.03. The zero-order valence-corrected chi connectivity index (χ0v) is 8.37. The largest absolute Gasteiger partial charge is 0.491 e. The maximum Gasteiger partial charge on any atom is 0.115 e. The van der Waals surface area contributed by atoms with Gasteiger partial charge in [-0.05, 0) is 39.8 Å². The number of ether oxygens (including phenoxy) is 1. The van der Waals surface area contributed by atoms with Gasteiger partial charge in [-0.15, -0.1) is 0 Å². The van der Waals surface area contributed by atoms with Crippen LogP contribution in [0.2, 0.25) is 0 Å². The van der Waals surface area contributed by atoms with Crippen LogP contribution in [0.25, 0.3) is 0 Å². The number of hydrogen-bond donors (Lipinski definition) is 0. The van der Waals surface area contributed by atoms with Crippen LogP contribution in [-0.2, 0) is 4.74 Å². The van der Waals surface area contributed by atoms with Crippen molar-refractivity contribution in [3.05, 3.63) is 36.1 Å². The van der Waals surface area contributed by atoms with Crippen LogP contribution in [0.3, 0.4) is 0 Å². The minimum absolute atomic E-state index is 0.242. The van der Waals surface area contributed by atoms with Gasteiger partial charge in [0.25, 0.3) is 0 Å². The Balaban J connectivity index is 4.01. The maximum absolute atomic E-state index is 5.49. The molecule has 0 unspecified atom stereocenters. The average molecular weight is 166 g/mol. The Morgan fingerprint density at radius 1 is 1.17 bits per heavy atom. The summed E-state index contributed by atoms with van der Waals surface area (Å²) in [5, 5.41) is 0. The van der Waals surface area contributed by atoms with Gasteiger partial charge in [0.2, 0.25) is 0 Å². The van der Waals surface area contributed by atoms with E-state index in [2.05, 4.69) is 0 Å². The van der Waals surface area contributed by atoms with Gasteiger partial charge in [0.05, 0.1) is 6.10 Å². The van der Waals surface area contributed by atoms with Crippen LogP contribution < -0.4 is 0 Å². The van der Waals surface area contributed by atoms with Crippen LogP contribution in [0.15, 0.2) is 36.1 Å². The summed E-state index contributed by atoms with van der Waals surface area (Å²) in [5.74, 6) is 0.920. The topological polar surface area (TPSA) is 9.23 Å². The Morgan fingerprint density at radius 3 is 2.25 bits per heavy atom. The first kappa shape index (κ1) is 11.0. The molecule has 12 heavy (non-hydrogen) atoms. The van der Waals surface area contributed by atoms with E-state index in [-0.39, 0.29) is 6.10 Å². The molecular formula is C11H18O. The quantitative estimate of drug-likeness (QED) is 0.459. The van der Waals surface area contributed by atoms with Crippen LogP contribution in [0.4, 0.5) is 0 Å². The Kier molecular flexibility index (Phi) is 6.16. The van der Waals surface area contributed by atoms with Crippen LogP contribution in [0.1, 0.15) is 27.7 Å². The minimum Gasteiger partial charge on any atom is -0.491 e. The summed E-state index contributed by atoms with van der Waals surface area (Å²) in [4.78, 5) is 0. The number of allylic oxidation sites excluding steroid dienone is 5. The van der Waals surface area contributed by atoms with E-state index in [1.165, 1.54) is 0 Å². The van der Waals surface area contributed by atoms with E-state index in [0.29, 0.717) is 0 Å². The molecule has 0 fully saturated rings. The van der Waals surface area contributed by atoms with Gasteiger partial charge in [0.15, 0.2) is 0 Å². The summed E-state index contributed by atoms with van der Waals surface area (Å²) in [6, 6.07) is 0. The molecule has 0 aliphatic heterocycles. The highest BCUT2D eigenvalue weighted by Gasteiger charge is 1.93. The summed E-state index contributed by atoms with van der Waals surface area (Å²) in [5.41, 5.74) is 0. The molecule has 0 heterocycles. The van der Waals surface area contributed by atoms with Gasteiger partial charge < -0.3 is 4.74 Å². The Bertz CT molecular complexity index is 185. The molecule has 0 radical (unpaired) electrons. The van der Waals surface area contributed by atoms with Gasteiger partial charge in [-0.25, -0.2) is 0 Å². The zero-order chi connectivity index (χ0) is 9.40. The van der Waals surface area contributed by atoms with Crippen molar-refractivity contribution in [2.75, 3.05) is 0 Å². The molecule has 0 atom stereocenters. The van der Waals surface area contributed by atoms with Crippen LogP contribution in [0.5, 0.6) is 0 Å². The summed E-state index contributed by atoms with van der Waals surface area (Å²) < 4.78 is 5.49. The molecule has 0 aromatic carbocycles. The van der Waals surface area contributed by atoms with Crippen LogP contribution >= 0.6 is 0 Å². The molecule has 0 saturated carbocycles. The average Bonchev–Trinajstić information content (AvgIpc) is 2.02.